The highest BCUT2D eigenvalue weighted by molar-refractivity contribution is 7.90. The number of anilines is 1. The number of hydrogen-bond acceptors (Lipinski definition) is 4. The SMILES string of the molecule is CN(CC(=O)NS(=O)(=O)c1ccccc1Cl)c1ccccc1. The maximum Gasteiger partial charge on any atom is 0.265 e. The molecule has 0 bridgehead atoms. The van der Waals surface area contributed by atoms with Crippen LogP contribution in [0, 0.1) is 0 Å². The predicted molar refractivity (Wildman–Crippen MR) is 86.5 cm³/mol. The molecule has 0 heterocycles. The smallest absolute Gasteiger partial charge is 0.265 e. The lowest BCUT2D eigenvalue weighted by atomic mass is 10.3. The first-order valence-electron chi connectivity index (χ1n) is 6.46. The van der Waals surface area contributed by atoms with Gasteiger partial charge in [0.1, 0.15) is 4.90 Å². The zero-order valence-corrected chi connectivity index (χ0v) is 13.4. The van der Waals surface area contributed by atoms with Crippen molar-refractivity contribution in [3.63, 3.8) is 0 Å². The van der Waals surface area contributed by atoms with Crippen LogP contribution in [0.4, 0.5) is 5.69 Å². The Kier molecular flexibility index (Phi) is 5.05. The Balaban J connectivity index is 2.07. The molecule has 0 unspecified atom stereocenters. The molecule has 0 aliphatic heterocycles. The number of halogens is 1. The Bertz CT molecular complexity index is 763. The van der Waals surface area contributed by atoms with Gasteiger partial charge in [-0.1, -0.05) is 41.9 Å². The van der Waals surface area contributed by atoms with E-state index < -0.39 is 15.9 Å². The molecule has 0 atom stereocenters. The van der Waals surface area contributed by atoms with Gasteiger partial charge in [-0.25, -0.2) is 13.1 Å². The zero-order chi connectivity index (χ0) is 16.2. The van der Waals surface area contributed by atoms with Crippen molar-refractivity contribution in [3.05, 3.63) is 59.6 Å². The van der Waals surface area contributed by atoms with Crippen molar-refractivity contribution >= 4 is 33.2 Å². The summed E-state index contributed by atoms with van der Waals surface area (Å²) in [7, 11) is -2.27. The first kappa shape index (κ1) is 16.3. The molecule has 0 aliphatic carbocycles. The summed E-state index contributed by atoms with van der Waals surface area (Å²) in [5.74, 6) is -0.633. The molecule has 0 fully saturated rings. The number of sulfonamides is 1. The Labute approximate surface area is 134 Å². The highest BCUT2D eigenvalue weighted by Gasteiger charge is 2.21. The maximum atomic E-state index is 12.1. The van der Waals surface area contributed by atoms with Crippen LogP contribution in [0.3, 0.4) is 0 Å². The van der Waals surface area contributed by atoms with Crippen molar-refractivity contribution in [3.8, 4) is 0 Å². The summed E-state index contributed by atoms with van der Waals surface area (Å²) in [6.45, 7) is -0.0896. The summed E-state index contributed by atoms with van der Waals surface area (Å²) in [6.07, 6.45) is 0. The summed E-state index contributed by atoms with van der Waals surface area (Å²) in [6, 6.07) is 15.2. The molecule has 2 aromatic rings. The minimum atomic E-state index is -3.98. The molecule has 5 nitrogen and oxygen atoms in total. The van der Waals surface area contributed by atoms with E-state index in [0.29, 0.717) is 0 Å². The van der Waals surface area contributed by atoms with E-state index in [1.54, 1.807) is 24.1 Å². The van der Waals surface area contributed by atoms with Crippen molar-refractivity contribution < 1.29 is 13.2 Å². The van der Waals surface area contributed by atoms with E-state index in [0.717, 1.165) is 5.69 Å². The maximum absolute atomic E-state index is 12.1. The standard InChI is InChI=1S/C15H15ClN2O3S/c1-18(12-7-3-2-4-8-12)11-15(19)17-22(20,21)14-10-6-5-9-13(14)16/h2-10H,11H2,1H3,(H,17,19). The predicted octanol–water partition coefficient (Wildman–Crippen LogP) is 2.28. The lowest BCUT2D eigenvalue weighted by Crippen LogP contribution is -2.38. The van der Waals surface area contributed by atoms with E-state index in [9.17, 15) is 13.2 Å². The Hall–Kier alpha value is -2.05. The van der Waals surface area contributed by atoms with Gasteiger partial charge in [-0.2, -0.15) is 0 Å². The van der Waals surface area contributed by atoms with E-state index >= 15 is 0 Å². The van der Waals surface area contributed by atoms with Gasteiger partial charge < -0.3 is 4.90 Å². The lowest BCUT2D eigenvalue weighted by molar-refractivity contribution is -0.118. The van der Waals surface area contributed by atoms with Crippen molar-refractivity contribution in [1.29, 1.82) is 0 Å². The second kappa shape index (κ2) is 6.81. The molecule has 0 saturated heterocycles. The number of hydrogen-bond donors (Lipinski definition) is 1. The number of nitrogens with zero attached hydrogens (tertiary/aromatic N) is 1. The average molecular weight is 339 g/mol. The molecule has 1 amide bonds. The van der Waals surface area contributed by atoms with Crippen LogP contribution in [-0.2, 0) is 14.8 Å². The highest BCUT2D eigenvalue weighted by Crippen LogP contribution is 2.20. The summed E-state index contributed by atoms with van der Waals surface area (Å²) in [4.78, 5) is 13.5. The summed E-state index contributed by atoms with van der Waals surface area (Å²) in [5.41, 5.74) is 0.813. The molecule has 0 saturated carbocycles. The van der Waals surface area contributed by atoms with Crippen LogP contribution in [0.5, 0.6) is 0 Å². The third kappa shape index (κ3) is 3.99. The Morgan fingerprint density at radius 2 is 1.68 bits per heavy atom. The second-order valence-electron chi connectivity index (χ2n) is 4.65. The highest BCUT2D eigenvalue weighted by atomic mass is 35.5. The van der Waals surface area contributed by atoms with Crippen LogP contribution in [0.15, 0.2) is 59.5 Å². The molecule has 2 aromatic carbocycles. The monoisotopic (exact) mass is 338 g/mol. The number of carbonyl (C=O) groups is 1. The van der Waals surface area contributed by atoms with Crippen molar-refractivity contribution in [2.45, 2.75) is 4.90 Å². The topological polar surface area (TPSA) is 66.5 Å². The molecule has 0 aliphatic rings. The van der Waals surface area contributed by atoms with Gasteiger partial charge in [-0.05, 0) is 24.3 Å². The lowest BCUT2D eigenvalue weighted by Gasteiger charge is -2.18. The van der Waals surface area contributed by atoms with Gasteiger partial charge in [-0.3, -0.25) is 4.79 Å². The van der Waals surface area contributed by atoms with Crippen LogP contribution >= 0.6 is 11.6 Å². The number of para-hydroxylation sites is 1. The number of likely N-dealkylation sites (N-methyl/N-ethyl adjacent to an activating group) is 1. The fourth-order valence-corrected chi connectivity index (χ4v) is 3.39. The summed E-state index contributed by atoms with van der Waals surface area (Å²) >= 11 is 5.85. The van der Waals surface area contributed by atoms with E-state index in [1.807, 2.05) is 35.1 Å². The van der Waals surface area contributed by atoms with Crippen LogP contribution in [0.25, 0.3) is 0 Å². The summed E-state index contributed by atoms with van der Waals surface area (Å²) < 4.78 is 26.3. The first-order chi connectivity index (χ1) is 10.4. The van der Waals surface area contributed by atoms with Gasteiger partial charge in [0.25, 0.3) is 15.9 Å². The Morgan fingerprint density at radius 1 is 1.09 bits per heavy atom. The van der Waals surface area contributed by atoms with Gasteiger partial charge in [0.15, 0.2) is 0 Å². The van der Waals surface area contributed by atoms with Crippen LogP contribution < -0.4 is 9.62 Å². The van der Waals surface area contributed by atoms with Gasteiger partial charge in [0.2, 0.25) is 0 Å². The average Bonchev–Trinajstić information content (AvgIpc) is 2.47. The fourth-order valence-electron chi connectivity index (χ4n) is 1.89. The molecule has 2 rings (SSSR count). The minimum Gasteiger partial charge on any atom is -0.365 e. The molecule has 22 heavy (non-hydrogen) atoms. The Morgan fingerprint density at radius 3 is 2.32 bits per heavy atom. The van der Waals surface area contributed by atoms with Crippen molar-refractivity contribution in [2.24, 2.45) is 0 Å². The second-order valence-corrected chi connectivity index (χ2v) is 6.71. The number of amides is 1. The third-order valence-corrected chi connectivity index (χ3v) is 4.83. The summed E-state index contributed by atoms with van der Waals surface area (Å²) in [5, 5.41) is 0.0687. The number of rotatable bonds is 5. The van der Waals surface area contributed by atoms with Crippen molar-refractivity contribution in [2.75, 3.05) is 18.5 Å². The largest absolute Gasteiger partial charge is 0.365 e. The fraction of sp³-hybridized carbons (Fsp3) is 0.133. The van der Waals surface area contributed by atoms with Crippen LogP contribution in [0.1, 0.15) is 0 Å². The van der Waals surface area contributed by atoms with Gasteiger partial charge in [0.05, 0.1) is 11.6 Å². The van der Waals surface area contributed by atoms with E-state index in [1.165, 1.54) is 12.1 Å². The van der Waals surface area contributed by atoms with Gasteiger partial charge in [0, 0.05) is 12.7 Å². The normalized spacial score (nSPS) is 11.0. The molecule has 1 N–H and O–H groups in total. The molecule has 7 heteroatoms. The van der Waals surface area contributed by atoms with Crippen LogP contribution in [-0.4, -0.2) is 27.9 Å². The molecule has 0 radical (unpaired) electrons. The van der Waals surface area contributed by atoms with Crippen LogP contribution in [0.2, 0.25) is 5.02 Å². The van der Waals surface area contributed by atoms with Gasteiger partial charge in [-0.15, -0.1) is 0 Å². The first-order valence-corrected chi connectivity index (χ1v) is 8.32. The van der Waals surface area contributed by atoms with E-state index in [-0.39, 0.29) is 16.5 Å². The number of carbonyl (C=O) groups excluding carboxylic acids is 1. The van der Waals surface area contributed by atoms with Crippen molar-refractivity contribution in [1.82, 2.24) is 4.72 Å². The third-order valence-electron chi connectivity index (χ3n) is 2.95. The van der Waals surface area contributed by atoms with Gasteiger partial charge >= 0.3 is 0 Å². The molecule has 0 aromatic heterocycles. The molecular formula is C15H15ClN2O3S. The minimum absolute atomic E-state index is 0.0687. The molecular weight excluding hydrogens is 324 g/mol. The quantitative estimate of drug-likeness (QED) is 0.908. The van der Waals surface area contributed by atoms with E-state index in [4.69, 9.17) is 11.6 Å². The molecule has 0 spiro atoms. The number of nitrogens with one attached hydrogen (secondary N) is 1. The molecule has 116 valence electrons. The zero-order valence-electron chi connectivity index (χ0n) is 11.9. The number of benzene rings is 2. The van der Waals surface area contributed by atoms with E-state index in [2.05, 4.69) is 0 Å².